The van der Waals surface area contributed by atoms with E-state index in [-0.39, 0.29) is 0 Å². The lowest BCUT2D eigenvalue weighted by Gasteiger charge is -2.05. The van der Waals surface area contributed by atoms with Crippen molar-refractivity contribution in [1.29, 1.82) is 0 Å². The lowest BCUT2D eigenvalue weighted by molar-refractivity contribution is -0.131. The lowest BCUT2D eigenvalue weighted by Crippen LogP contribution is -2.03. The number of fused-ring (bicyclic) bond motifs is 1. The van der Waals surface area contributed by atoms with E-state index in [0.717, 1.165) is 28.1 Å². The number of carboxylic acids is 1. The maximum atomic E-state index is 12.9. The number of aliphatic carboxylic acids is 1. The summed E-state index contributed by atoms with van der Waals surface area (Å²) in [6.07, 6.45) is 4.33. The Morgan fingerprint density at radius 3 is 2.52 bits per heavy atom. The van der Waals surface area contributed by atoms with Crippen LogP contribution in [0.15, 0.2) is 65.7 Å². The second-order valence-corrected chi connectivity index (χ2v) is 6.52. The first-order valence-corrected chi connectivity index (χ1v) is 8.17. The van der Waals surface area contributed by atoms with Crippen LogP contribution in [0.1, 0.15) is 11.1 Å². The highest BCUT2D eigenvalue weighted by Crippen LogP contribution is 2.25. The average molecular weight is 325 g/mol. The Hall–Kier alpha value is -2.66. The molecule has 0 saturated carbocycles. The predicted octanol–water partition coefficient (Wildman–Crippen LogP) is 3.62. The van der Waals surface area contributed by atoms with E-state index in [1.165, 1.54) is 6.08 Å². The third-order valence-electron chi connectivity index (χ3n) is 3.52. The molecule has 3 rings (SSSR count). The van der Waals surface area contributed by atoms with E-state index >= 15 is 0 Å². The first kappa shape index (κ1) is 15.2. The van der Waals surface area contributed by atoms with E-state index in [4.69, 9.17) is 5.11 Å². The Balaban J connectivity index is 2.12. The number of rotatable bonds is 4. The predicted molar refractivity (Wildman–Crippen MR) is 91.6 cm³/mol. The van der Waals surface area contributed by atoms with Gasteiger partial charge in [-0.3, -0.25) is 3.97 Å². The molecule has 5 heteroatoms. The molecule has 0 aliphatic heterocycles. The number of nitrogens with zero attached hydrogens (tertiary/aromatic N) is 1. The van der Waals surface area contributed by atoms with Crippen LogP contribution in [-0.4, -0.2) is 19.3 Å². The van der Waals surface area contributed by atoms with Gasteiger partial charge in [-0.15, -0.1) is 0 Å². The average Bonchev–Trinajstić information content (AvgIpc) is 2.92. The van der Waals surface area contributed by atoms with Gasteiger partial charge in [0.15, 0.2) is 11.0 Å². The number of hydrogen-bond acceptors (Lipinski definition) is 2. The highest BCUT2D eigenvalue weighted by molar-refractivity contribution is 7.83. The molecular formula is C18H15NO3S. The summed E-state index contributed by atoms with van der Waals surface area (Å²) in [6, 6.07) is 15.0. The number of carboxylic acid groups (broad SMARTS) is 1. The molecule has 0 bridgehead atoms. The van der Waals surface area contributed by atoms with Crippen molar-refractivity contribution in [2.24, 2.45) is 0 Å². The Bertz CT molecular complexity index is 923. The van der Waals surface area contributed by atoms with Crippen molar-refractivity contribution in [2.75, 3.05) is 0 Å². The molecule has 1 atom stereocenters. The fourth-order valence-electron chi connectivity index (χ4n) is 2.37. The molecule has 0 radical (unpaired) electrons. The van der Waals surface area contributed by atoms with Crippen LogP contribution in [0, 0.1) is 6.92 Å². The van der Waals surface area contributed by atoms with E-state index in [9.17, 15) is 9.00 Å². The monoisotopic (exact) mass is 325 g/mol. The van der Waals surface area contributed by atoms with Crippen molar-refractivity contribution in [3.05, 3.63) is 71.9 Å². The standard InChI is InChI=1S/C18H15NO3S/c1-13-6-9-15(10-7-13)23(22)19-12-14(8-11-18(20)21)16-4-2-3-5-17(16)19/h2-12H,1H3,(H,20,21)/b11-8+. The number of hydrogen-bond donors (Lipinski definition) is 1. The molecule has 1 unspecified atom stereocenters. The minimum Gasteiger partial charge on any atom is -0.478 e. The second-order valence-electron chi connectivity index (χ2n) is 5.16. The van der Waals surface area contributed by atoms with Gasteiger partial charge < -0.3 is 5.11 Å². The van der Waals surface area contributed by atoms with Gasteiger partial charge in [0.25, 0.3) is 0 Å². The molecular weight excluding hydrogens is 310 g/mol. The zero-order chi connectivity index (χ0) is 16.4. The summed E-state index contributed by atoms with van der Waals surface area (Å²) < 4.78 is 14.5. The molecule has 0 saturated heterocycles. The minimum absolute atomic E-state index is 0.699. The number of aryl methyl sites for hydroxylation is 1. The summed E-state index contributed by atoms with van der Waals surface area (Å²) in [6.45, 7) is 1.98. The van der Waals surface area contributed by atoms with Crippen LogP contribution in [0.5, 0.6) is 0 Å². The fraction of sp³-hybridized carbons (Fsp3) is 0.0556. The Morgan fingerprint density at radius 2 is 1.83 bits per heavy atom. The van der Waals surface area contributed by atoms with Gasteiger partial charge >= 0.3 is 5.97 Å². The smallest absolute Gasteiger partial charge is 0.328 e. The van der Waals surface area contributed by atoms with Crippen molar-refractivity contribution >= 4 is 33.9 Å². The second kappa shape index (κ2) is 6.22. The molecule has 0 aliphatic rings. The summed E-state index contributed by atoms with van der Waals surface area (Å²) in [4.78, 5) is 11.4. The van der Waals surface area contributed by atoms with E-state index in [1.807, 2.05) is 55.5 Å². The molecule has 0 fully saturated rings. The SMILES string of the molecule is Cc1ccc(S(=O)n2cc(/C=C/C(=O)O)c3ccccc32)cc1. The van der Waals surface area contributed by atoms with Crippen LogP contribution < -0.4 is 0 Å². The zero-order valence-corrected chi connectivity index (χ0v) is 13.3. The molecule has 3 aromatic rings. The summed E-state index contributed by atoms with van der Waals surface area (Å²) >= 11 is 0. The van der Waals surface area contributed by atoms with Gasteiger partial charge in [0.2, 0.25) is 0 Å². The number of aromatic nitrogens is 1. The van der Waals surface area contributed by atoms with Crippen molar-refractivity contribution < 1.29 is 14.1 Å². The van der Waals surface area contributed by atoms with Crippen LogP contribution >= 0.6 is 0 Å². The first-order chi connectivity index (χ1) is 11.1. The van der Waals surface area contributed by atoms with Gasteiger partial charge in [-0.2, -0.15) is 0 Å². The van der Waals surface area contributed by atoms with Crippen molar-refractivity contribution in [3.8, 4) is 0 Å². The number of benzene rings is 2. The molecule has 0 aliphatic carbocycles. The Labute approximate surface area is 136 Å². The molecule has 4 nitrogen and oxygen atoms in total. The van der Waals surface area contributed by atoms with Crippen LogP contribution in [-0.2, 0) is 15.8 Å². The number of para-hydroxylation sites is 1. The van der Waals surface area contributed by atoms with Crippen LogP contribution in [0.25, 0.3) is 17.0 Å². The Morgan fingerprint density at radius 1 is 1.13 bits per heavy atom. The zero-order valence-electron chi connectivity index (χ0n) is 12.5. The van der Waals surface area contributed by atoms with E-state index in [2.05, 4.69) is 0 Å². The third kappa shape index (κ3) is 3.10. The molecule has 0 spiro atoms. The van der Waals surface area contributed by atoms with Crippen LogP contribution in [0.3, 0.4) is 0 Å². The quantitative estimate of drug-likeness (QED) is 0.745. The summed E-state index contributed by atoms with van der Waals surface area (Å²) in [5.41, 5.74) is 2.63. The molecule has 1 aromatic heterocycles. The molecule has 1 heterocycles. The largest absolute Gasteiger partial charge is 0.478 e. The van der Waals surface area contributed by atoms with Crippen molar-refractivity contribution in [2.45, 2.75) is 11.8 Å². The van der Waals surface area contributed by atoms with E-state index in [1.54, 1.807) is 10.2 Å². The lowest BCUT2D eigenvalue weighted by atomic mass is 10.1. The van der Waals surface area contributed by atoms with Gasteiger partial charge in [-0.05, 0) is 31.2 Å². The molecule has 116 valence electrons. The number of carbonyl (C=O) groups is 1. The summed E-state index contributed by atoms with van der Waals surface area (Å²) in [5.74, 6) is -1.01. The normalized spacial score (nSPS) is 12.7. The van der Waals surface area contributed by atoms with Gasteiger partial charge in [-0.1, -0.05) is 35.9 Å². The van der Waals surface area contributed by atoms with Crippen LogP contribution in [0.2, 0.25) is 0 Å². The van der Waals surface area contributed by atoms with E-state index < -0.39 is 17.0 Å². The summed E-state index contributed by atoms with van der Waals surface area (Å²) in [5, 5.41) is 9.68. The molecule has 2 aromatic carbocycles. The maximum Gasteiger partial charge on any atom is 0.328 e. The molecule has 23 heavy (non-hydrogen) atoms. The topological polar surface area (TPSA) is 59.3 Å². The third-order valence-corrected chi connectivity index (χ3v) is 4.85. The van der Waals surface area contributed by atoms with Gasteiger partial charge in [0.1, 0.15) is 0 Å². The van der Waals surface area contributed by atoms with Crippen LogP contribution in [0.4, 0.5) is 0 Å². The summed E-state index contributed by atoms with van der Waals surface area (Å²) in [7, 11) is -1.39. The fourth-order valence-corrected chi connectivity index (χ4v) is 3.52. The van der Waals surface area contributed by atoms with Gasteiger partial charge in [0.05, 0.1) is 10.4 Å². The minimum atomic E-state index is -1.39. The van der Waals surface area contributed by atoms with E-state index in [0.29, 0.717) is 4.90 Å². The highest BCUT2D eigenvalue weighted by Gasteiger charge is 2.12. The molecule has 1 N–H and O–H groups in total. The molecule has 0 amide bonds. The first-order valence-electron chi connectivity index (χ1n) is 7.06. The Kier molecular flexibility index (Phi) is 4.12. The van der Waals surface area contributed by atoms with Crippen molar-refractivity contribution in [1.82, 2.24) is 3.97 Å². The maximum absolute atomic E-state index is 12.9. The van der Waals surface area contributed by atoms with Gasteiger partial charge in [0, 0.05) is 23.2 Å². The van der Waals surface area contributed by atoms with Crippen molar-refractivity contribution in [3.63, 3.8) is 0 Å². The highest BCUT2D eigenvalue weighted by atomic mass is 32.2. The van der Waals surface area contributed by atoms with Gasteiger partial charge in [-0.25, -0.2) is 9.00 Å².